The van der Waals surface area contributed by atoms with Crippen LogP contribution in [0.5, 0.6) is 0 Å². The molecule has 3 aliphatic rings. The minimum absolute atomic E-state index is 0.119. The van der Waals surface area contributed by atoms with Crippen LogP contribution in [0.2, 0.25) is 0 Å². The summed E-state index contributed by atoms with van der Waals surface area (Å²) in [6.07, 6.45) is 4.71. The maximum atomic E-state index is 13.2. The van der Waals surface area contributed by atoms with Gasteiger partial charge in [0.25, 0.3) is 5.91 Å². The van der Waals surface area contributed by atoms with Crippen LogP contribution in [0.25, 0.3) is 0 Å². The van der Waals surface area contributed by atoms with Crippen molar-refractivity contribution in [2.75, 3.05) is 13.1 Å². The molecule has 0 unspecified atom stereocenters. The molecule has 3 fully saturated rings. The standard InChI is InChI=1S/C23H27N3O2S/c1-15-22(29-14-24-15)23(28)25-12-17-11-18(13-25)20(10-16-6-3-2-4-7-16)26-19(17)8-5-9-21(26)27/h2-4,6-7,14,17-20H,5,8-13H2,1H3/t17-,18+,19+,20+/m1/s1. The van der Waals surface area contributed by atoms with Gasteiger partial charge in [0.15, 0.2) is 0 Å². The van der Waals surface area contributed by atoms with Gasteiger partial charge in [-0.25, -0.2) is 4.98 Å². The molecule has 3 saturated heterocycles. The van der Waals surface area contributed by atoms with Crippen LogP contribution in [0, 0.1) is 18.8 Å². The van der Waals surface area contributed by atoms with Gasteiger partial charge in [0.1, 0.15) is 4.88 Å². The van der Waals surface area contributed by atoms with Crippen LogP contribution in [0.15, 0.2) is 35.8 Å². The number of hydrogen-bond donors (Lipinski definition) is 0. The number of hydrogen-bond acceptors (Lipinski definition) is 4. The van der Waals surface area contributed by atoms with Crippen LogP contribution in [0.3, 0.4) is 0 Å². The predicted octanol–water partition coefficient (Wildman–Crippen LogP) is 3.54. The van der Waals surface area contributed by atoms with E-state index in [0.717, 1.165) is 49.3 Å². The summed E-state index contributed by atoms with van der Waals surface area (Å²) in [5.41, 5.74) is 3.86. The van der Waals surface area contributed by atoms with Gasteiger partial charge in [-0.2, -0.15) is 0 Å². The summed E-state index contributed by atoms with van der Waals surface area (Å²) in [4.78, 5) is 35.5. The van der Waals surface area contributed by atoms with E-state index in [1.807, 2.05) is 17.9 Å². The van der Waals surface area contributed by atoms with Crippen molar-refractivity contribution in [2.45, 2.75) is 51.1 Å². The first kappa shape index (κ1) is 18.8. The number of aromatic nitrogens is 1. The highest BCUT2D eigenvalue weighted by atomic mass is 32.1. The number of rotatable bonds is 3. The van der Waals surface area contributed by atoms with Crippen molar-refractivity contribution < 1.29 is 9.59 Å². The number of aryl methyl sites for hydroxylation is 1. The highest BCUT2D eigenvalue weighted by Gasteiger charge is 2.50. The lowest BCUT2D eigenvalue weighted by atomic mass is 9.70. The largest absolute Gasteiger partial charge is 0.337 e. The minimum atomic E-state index is 0.119. The predicted molar refractivity (Wildman–Crippen MR) is 113 cm³/mol. The number of piperidine rings is 3. The number of fused-ring (bicyclic) bond motifs is 4. The number of carbonyl (C=O) groups excluding carboxylic acids is 2. The van der Waals surface area contributed by atoms with Gasteiger partial charge in [-0.05, 0) is 50.0 Å². The summed E-state index contributed by atoms with van der Waals surface area (Å²) in [6.45, 7) is 3.41. The summed E-state index contributed by atoms with van der Waals surface area (Å²) in [5.74, 6) is 1.16. The Kier molecular flexibility index (Phi) is 4.90. The first-order chi connectivity index (χ1) is 14.1. The average Bonchev–Trinajstić information content (AvgIpc) is 3.17. The van der Waals surface area contributed by atoms with Crippen molar-refractivity contribution in [3.63, 3.8) is 0 Å². The van der Waals surface area contributed by atoms with Gasteiger partial charge in [0.05, 0.1) is 11.2 Å². The third kappa shape index (κ3) is 3.37. The third-order valence-electron chi connectivity index (χ3n) is 7.01. The Bertz CT molecular complexity index is 912. The van der Waals surface area contributed by atoms with Gasteiger partial charge in [0.2, 0.25) is 5.91 Å². The highest BCUT2D eigenvalue weighted by molar-refractivity contribution is 7.11. The molecule has 5 rings (SSSR count). The molecular weight excluding hydrogens is 382 g/mol. The van der Waals surface area contributed by atoms with E-state index in [-0.39, 0.29) is 18.0 Å². The molecule has 29 heavy (non-hydrogen) atoms. The van der Waals surface area contributed by atoms with Gasteiger partial charge < -0.3 is 9.80 Å². The molecule has 2 amide bonds. The zero-order valence-corrected chi connectivity index (χ0v) is 17.6. The molecule has 3 aliphatic heterocycles. The van der Waals surface area contributed by atoms with E-state index in [1.165, 1.54) is 16.9 Å². The lowest BCUT2D eigenvalue weighted by molar-refractivity contribution is -0.151. The molecule has 2 aromatic rings. The molecule has 4 heterocycles. The van der Waals surface area contributed by atoms with Crippen LogP contribution in [0.1, 0.15) is 46.6 Å². The Balaban J connectivity index is 1.45. The molecule has 0 N–H and O–H groups in total. The van der Waals surface area contributed by atoms with Crippen LogP contribution in [-0.4, -0.2) is 51.8 Å². The number of thiazole rings is 1. The van der Waals surface area contributed by atoms with Crippen molar-refractivity contribution in [1.29, 1.82) is 0 Å². The normalized spacial score (nSPS) is 28.9. The van der Waals surface area contributed by atoms with Gasteiger partial charge >= 0.3 is 0 Å². The second-order valence-electron chi connectivity index (χ2n) is 8.75. The first-order valence-corrected chi connectivity index (χ1v) is 11.5. The van der Waals surface area contributed by atoms with Gasteiger partial charge in [0, 0.05) is 31.6 Å². The SMILES string of the molecule is Cc1ncsc1C(=O)N1C[C@H]2C[C@@H](C1)[C@H](Cc1ccccc1)N1C(=O)CCC[C@@H]21. The maximum absolute atomic E-state index is 13.2. The molecule has 1 aromatic heterocycles. The smallest absolute Gasteiger partial charge is 0.265 e. The molecule has 152 valence electrons. The number of amides is 2. The van der Waals surface area contributed by atoms with E-state index in [0.29, 0.717) is 24.2 Å². The van der Waals surface area contributed by atoms with Gasteiger partial charge in [-0.3, -0.25) is 9.59 Å². The van der Waals surface area contributed by atoms with E-state index in [4.69, 9.17) is 0 Å². The van der Waals surface area contributed by atoms with E-state index in [9.17, 15) is 9.59 Å². The van der Waals surface area contributed by atoms with Crippen molar-refractivity contribution in [3.8, 4) is 0 Å². The summed E-state index contributed by atoms with van der Waals surface area (Å²) < 4.78 is 0. The molecule has 0 saturated carbocycles. The molecule has 0 aliphatic carbocycles. The van der Waals surface area contributed by atoms with E-state index in [1.54, 1.807) is 5.51 Å². The Morgan fingerprint density at radius 1 is 1.21 bits per heavy atom. The Labute approximate surface area is 175 Å². The molecule has 2 bridgehead atoms. The number of benzene rings is 1. The number of likely N-dealkylation sites (tertiary alicyclic amines) is 1. The van der Waals surface area contributed by atoms with Crippen molar-refractivity contribution >= 4 is 23.2 Å². The Hall–Kier alpha value is -2.21. The molecule has 0 radical (unpaired) electrons. The summed E-state index contributed by atoms with van der Waals surface area (Å²) in [6, 6.07) is 10.9. The molecule has 5 nitrogen and oxygen atoms in total. The first-order valence-electron chi connectivity index (χ1n) is 10.7. The lowest BCUT2D eigenvalue weighted by Gasteiger charge is -2.56. The molecular formula is C23H27N3O2S. The fourth-order valence-electron chi connectivity index (χ4n) is 5.71. The summed E-state index contributed by atoms with van der Waals surface area (Å²) in [7, 11) is 0. The zero-order chi connectivity index (χ0) is 20.0. The van der Waals surface area contributed by atoms with Crippen molar-refractivity contribution in [2.24, 2.45) is 11.8 Å². The number of nitrogens with zero attached hydrogens (tertiary/aromatic N) is 3. The highest BCUT2D eigenvalue weighted by Crippen LogP contribution is 2.43. The number of carbonyl (C=O) groups is 2. The topological polar surface area (TPSA) is 53.5 Å². The molecule has 6 heteroatoms. The molecule has 4 atom stereocenters. The van der Waals surface area contributed by atoms with E-state index < -0.39 is 0 Å². The van der Waals surface area contributed by atoms with Crippen LogP contribution >= 0.6 is 11.3 Å². The monoisotopic (exact) mass is 409 g/mol. The second-order valence-corrected chi connectivity index (χ2v) is 9.61. The van der Waals surface area contributed by atoms with E-state index >= 15 is 0 Å². The average molecular weight is 410 g/mol. The Morgan fingerprint density at radius 2 is 2.00 bits per heavy atom. The van der Waals surface area contributed by atoms with Gasteiger partial charge in [-0.15, -0.1) is 11.3 Å². The maximum Gasteiger partial charge on any atom is 0.265 e. The van der Waals surface area contributed by atoms with Crippen molar-refractivity contribution in [1.82, 2.24) is 14.8 Å². The second kappa shape index (κ2) is 7.56. The van der Waals surface area contributed by atoms with Crippen molar-refractivity contribution in [3.05, 3.63) is 52.0 Å². The van der Waals surface area contributed by atoms with Crippen LogP contribution in [-0.2, 0) is 11.2 Å². The Morgan fingerprint density at radius 3 is 2.76 bits per heavy atom. The zero-order valence-electron chi connectivity index (χ0n) is 16.8. The molecule has 0 spiro atoms. The fraction of sp³-hybridized carbons (Fsp3) is 0.522. The summed E-state index contributed by atoms with van der Waals surface area (Å²) >= 11 is 1.44. The third-order valence-corrected chi connectivity index (χ3v) is 7.93. The lowest BCUT2D eigenvalue weighted by Crippen LogP contribution is -2.66. The minimum Gasteiger partial charge on any atom is -0.337 e. The van der Waals surface area contributed by atoms with Crippen LogP contribution < -0.4 is 0 Å². The fourth-order valence-corrected chi connectivity index (χ4v) is 6.48. The summed E-state index contributed by atoms with van der Waals surface area (Å²) in [5, 5.41) is 0. The van der Waals surface area contributed by atoms with Crippen LogP contribution in [0.4, 0.5) is 0 Å². The van der Waals surface area contributed by atoms with E-state index in [2.05, 4.69) is 34.1 Å². The molecule has 1 aromatic carbocycles. The quantitative estimate of drug-likeness (QED) is 0.779. The van der Waals surface area contributed by atoms with Gasteiger partial charge in [-0.1, -0.05) is 30.3 Å².